The van der Waals surface area contributed by atoms with Crippen molar-refractivity contribution in [1.82, 2.24) is 19.8 Å². The van der Waals surface area contributed by atoms with E-state index < -0.39 is 0 Å². The number of nitrogens with zero attached hydrogens (tertiary/aromatic N) is 3. The molecule has 0 fully saturated rings. The number of carbonyl (C=O) groups excluding carboxylic acids is 1. The number of aryl methyl sites for hydroxylation is 1. The third-order valence-electron chi connectivity index (χ3n) is 3.64. The molecule has 2 aromatic rings. The lowest BCUT2D eigenvalue weighted by Crippen LogP contribution is -2.36. The van der Waals surface area contributed by atoms with Crippen LogP contribution in [0.3, 0.4) is 0 Å². The van der Waals surface area contributed by atoms with Gasteiger partial charge >= 0.3 is 0 Å². The molecule has 118 valence electrons. The average molecular weight is 300 g/mol. The van der Waals surface area contributed by atoms with Crippen molar-refractivity contribution in [1.29, 1.82) is 0 Å². The van der Waals surface area contributed by atoms with Crippen molar-refractivity contribution >= 4 is 5.91 Å². The Balaban J connectivity index is 1.84. The molecular formula is C17H24N4O. The van der Waals surface area contributed by atoms with Gasteiger partial charge in [-0.1, -0.05) is 30.3 Å². The molecule has 5 nitrogen and oxygen atoms in total. The Morgan fingerprint density at radius 1 is 1.36 bits per heavy atom. The zero-order chi connectivity index (χ0) is 15.9. The van der Waals surface area contributed by atoms with Gasteiger partial charge in [0.05, 0.1) is 19.1 Å². The van der Waals surface area contributed by atoms with Crippen molar-refractivity contribution in [2.24, 2.45) is 0 Å². The standard InChI is InChI=1S/C17H24N4O/c1-4-21-11-10-18-16(21)12-20(3)13-17(22)19-14(2)15-8-6-5-7-9-15/h5-11,14H,4,12-13H2,1-3H3,(H,19,22). The van der Waals surface area contributed by atoms with E-state index >= 15 is 0 Å². The highest BCUT2D eigenvalue weighted by Crippen LogP contribution is 2.11. The summed E-state index contributed by atoms with van der Waals surface area (Å²) in [7, 11) is 1.93. The second-order valence-corrected chi connectivity index (χ2v) is 5.50. The van der Waals surface area contributed by atoms with Crippen LogP contribution in [0.4, 0.5) is 0 Å². The van der Waals surface area contributed by atoms with E-state index in [9.17, 15) is 4.79 Å². The average Bonchev–Trinajstić information content (AvgIpc) is 2.94. The van der Waals surface area contributed by atoms with E-state index in [1.807, 2.05) is 55.4 Å². The fraction of sp³-hybridized carbons (Fsp3) is 0.412. The zero-order valence-electron chi connectivity index (χ0n) is 13.5. The number of amides is 1. The van der Waals surface area contributed by atoms with Gasteiger partial charge in [0, 0.05) is 18.9 Å². The van der Waals surface area contributed by atoms with Gasteiger partial charge in [0.2, 0.25) is 5.91 Å². The van der Waals surface area contributed by atoms with Crippen LogP contribution < -0.4 is 5.32 Å². The van der Waals surface area contributed by atoms with Gasteiger partial charge in [-0.15, -0.1) is 0 Å². The minimum atomic E-state index is 0.0136. The minimum absolute atomic E-state index is 0.0136. The summed E-state index contributed by atoms with van der Waals surface area (Å²) in [6, 6.07) is 9.99. The minimum Gasteiger partial charge on any atom is -0.348 e. The van der Waals surface area contributed by atoms with E-state index in [0.29, 0.717) is 13.1 Å². The first-order valence-electron chi connectivity index (χ1n) is 7.63. The third-order valence-corrected chi connectivity index (χ3v) is 3.64. The van der Waals surface area contributed by atoms with Crippen molar-refractivity contribution in [3.63, 3.8) is 0 Å². The SMILES string of the molecule is CCn1ccnc1CN(C)CC(=O)NC(C)c1ccccc1. The van der Waals surface area contributed by atoms with Crippen molar-refractivity contribution in [3.8, 4) is 0 Å². The fourth-order valence-electron chi connectivity index (χ4n) is 2.43. The summed E-state index contributed by atoms with van der Waals surface area (Å²) in [5.41, 5.74) is 1.11. The van der Waals surface area contributed by atoms with Gasteiger partial charge in [-0.25, -0.2) is 4.98 Å². The van der Waals surface area contributed by atoms with Gasteiger partial charge in [0.25, 0.3) is 0 Å². The van der Waals surface area contributed by atoms with Crippen LogP contribution in [0, 0.1) is 0 Å². The normalized spacial score (nSPS) is 12.4. The van der Waals surface area contributed by atoms with E-state index in [-0.39, 0.29) is 11.9 Å². The van der Waals surface area contributed by atoms with Crippen molar-refractivity contribution < 1.29 is 4.79 Å². The molecule has 0 saturated heterocycles. The molecule has 1 amide bonds. The molecular weight excluding hydrogens is 276 g/mol. The Labute approximate surface area is 132 Å². The molecule has 0 bridgehead atoms. The van der Waals surface area contributed by atoms with Gasteiger partial charge in [-0.2, -0.15) is 0 Å². The molecule has 1 aromatic heterocycles. The third kappa shape index (κ3) is 4.43. The molecule has 5 heteroatoms. The summed E-state index contributed by atoms with van der Waals surface area (Å²) in [5.74, 6) is 1.00. The number of carbonyl (C=O) groups is 1. The Kier molecular flexibility index (Phi) is 5.72. The maximum absolute atomic E-state index is 12.1. The molecule has 1 atom stereocenters. The van der Waals surface area contributed by atoms with Gasteiger partial charge in [0.1, 0.15) is 5.82 Å². The topological polar surface area (TPSA) is 50.2 Å². The maximum Gasteiger partial charge on any atom is 0.234 e. The van der Waals surface area contributed by atoms with E-state index in [1.165, 1.54) is 0 Å². The van der Waals surface area contributed by atoms with Crippen molar-refractivity contribution in [2.75, 3.05) is 13.6 Å². The Hall–Kier alpha value is -2.14. The molecule has 1 N–H and O–H groups in total. The number of rotatable bonds is 7. The number of nitrogens with one attached hydrogen (secondary N) is 1. The molecule has 0 spiro atoms. The van der Waals surface area contributed by atoms with E-state index in [4.69, 9.17) is 0 Å². The predicted octanol–water partition coefficient (Wildman–Crippen LogP) is 2.21. The summed E-state index contributed by atoms with van der Waals surface area (Å²) in [5, 5.41) is 3.03. The van der Waals surface area contributed by atoms with Crippen LogP contribution in [0.2, 0.25) is 0 Å². The summed E-state index contributed by atoms with van der Waals surface area (Å²) in [6.07, 6.45) is 3.75. The summed E-state index contributed by atoms with van der Waals surface area (Å²) >= 11 is 0. The van der Waals surface area contributed by atoms with Gasteiger partial charge in [-0.3, -0.25) is 9.69 Å². The Morgan fingerprint density at radius 3 is 2.77 bits per heavy atom. The van der Waals surface area contributed by atoms with Crippen molar-refractivity contribution in [2.45, 2.75) is 33.0 Å². The zero-order valence-corrected chi connectivity index (χ0v) is 13.5. The molecule has 0 aliphatic heterocycles. The summed E-state index contributed by atoms with van der Waals surface area (Å²) < 4.78 is 2.08. The first-order chi connectivity index (χ1) is 10.6. The van der Waals surface area contributed by atoms with E-state index in [1.54, 1.807) is 6.20 Å². The number of hydrogen-bond acceptors (Lipinski definition) is 3. The maximum atomic E-state index is 12.1. The largest absolute Gasteiger partial charge is 0.348 e. The van der Waals surface area contributed by atoms with Crippen LogP contribution in [0.25, 0.3) is 0 Å². The van der Waals surface area contributed by atoms with Crippen LogP contribution in [0.5, 0.6) is 0 Å². The number of benzene rings is 1. The highest BCUT2D eigenvalue weighted by Gasteiger charge is 2.13. The number of imidazole rings is 1. The highest BCUT2D eigenvalue weighted by atomic mass is 16.2. The molecule has 0 saturated carbocycles. The molecule has 1 unspecified atom stereocenters. The molecule has 1 heterocycles. The second-order valence-electron chi connectivity index (χ2n) is 5.50. The summed E-state index contributed by atoms with van der Waals surface area (Å²) in [6.45, 7) is 5.98. The number of aromatic nitrogens is 2. The highest BCUT2D eigenvalue weighted by molar-refractivity contribution is 5.78. The van der Waals surface area contributed by atoms with Crippen LogP contribution >= 0.6 is 0 Å². The van der Waals surface area contributed by atoms with Crippen LogP contribution in [-0.2, 0) is 17.9 Å². The lowest BCUT2D eigenvalue weighted by molar-refractivity contribution is -0.122. The van der Waals surface area contributed by atoms with Crippen molar-refractivity contribution in [3.05, 3.63) is 54.1 Å². The molecule has 2 rings (SSSR count). The van der Waals surface area contributed by atoms with Gasteiger partial charge < -0.3 is 9.88 Å². The molecule has 0 aliphatic rings. The monoisotopic (exact) mass is 300 g/mol. The van der Waals surface area contributed by atoms with Crippen LogP contribution in [0.15, 0.2) is 42.7 Å². The molecule has 0 aliphatic carbocycles. The number of hydrogen-bond donors (Lipinski definition) is 1. The Bertz CT molecular complexity index is 594. The first kappa shape index (κ1) is 16.2. The lowest BCUT2D eigenvalue weighted by Gasteiger charge is -2.19. The fourth-order valence-corrected chi connectivity index (χ4v) is 2.43. The molecule has 0 radical (unpaired) electrons. The van der Waals surface area contributed by atoms with E-state index in [2.05, 4.69) is 21.8 Å². The smallest absolute Gasteiger partial charge is 0.234 e. The van der Waals surface area contributed by atoms with Gasteiger partial charge in [0.15, 0.2) is 0 Å². The second kappa shape index (κ2) is 7.75. The lowest BCUT2D eigenvalue weighted by atomic mass is 10.1. The first-order valence-corrected chi connectivity index (χ1v) is 7.63. The van der Waals surface area contributed by atoms with Gasteiger partial charge in [-0.05, 0) is 26.5 Å². The quantitative estimate of drug-likeness (QED) is 0.853. The predicted molar refractivity (Wildman–Crippen MR) is 87.2 cm³/mol. The van der Waals surface area contributed by atoms with Crippen LogP contribution in [0.1, 0.15) is 31.3 Å². The summed E-state index contributed by atoms with van der Waals surface area (Å²) in [4.78, 5) is 18.4. The Morgan fingerprint density at radius 2 is 2.09 bits per heavy atom. The molecule has 22 heavy (non-hydrogen) atoms. The molecule has 1 aromatic carbocycles. The van der Waals surface area contributed by atoms with Crippen LogP contribution in [-0.4, -0.2) is 34.0 Å². The van der Waals surface area contributed by atoms with E-state index in [0.717, 1.165) is 17.9 Å². The number of likely N-dealkylation sites (N-methyl/N-ethyl adjacent to an activating group) is 1.